The summed E-state index contributed by atoms with van der Waals surface area (Å²) in [5.74, 6) is 0.638. The van der Waals surface area contributed by atoms with Gasteiger partial charge in [0.1, 0.15) is 5.82 Å². The SMILES string of the molecule is C=CC(c1ccc(F)cc1)C(C)C. The van der Waals surface area contributed by atoms with Gasteiger partial charge in [0.15, 0.2) is 0 Å². The van der Waals surface area contributed by atoms with Crippen LogP contribution in [0.2, 0.25) is 0 Å². The van der Waals surface area contributed by atoms with Crippen molar-refractivity contribution in [3.63, 3.8) is 0 Å². The third-order valence-corrected chi connectivity index (χ3v) is 2.23. The van der Waals surface area contributed by atoms with Crippen molar-refractivity contribution >= 4 is 0 Å². The minimum Gasteiger partial charge on any atom is -0.207 e. The number of hydrogen-bond donors (Lipinski definition) is 0. The molecule has 0 aliphatic heterocycles. The highest BCUT2D eigenvalue weighted by Gasteiger charge is 2.11. The van der Waals surface area contributed by atoms with Gasteiger partial charge in [-0.3, -0.25) is 0 Å². The molecular weight excluding hydrogens is 163 g/mol. The van der Waals surface area contributed by atoms with Gasteiger partial charge in [-0.2, -0.15) is 0 Å². The third kappa shape index (κ3) is 2.41. The number of halogens is 1. The molecule has 0 saturated carbocycles. The first kappa shape index (κ1) is 9.97. The van der Waals surface area contributed by atoms with Gasteiger partial charge in [-0.05, 0) is 23.6 Å². The number of hydrogen-bond acceptors (Lipinski definition) is 0. The van der Waals surface area contributed by atoms with Crippen LogP contribution in [0.15, 0.2) is 36.9 Å². The molecule has 1 aromatic rings. The van der Waals surface area contributed by atoms with Gasteiger partial charge in [0.25, 0.3) is 0 Å². The number of benzene rings is 1. The van der Waals surface area contributed by atoms with Crippen molar-refractivity contribution in [2.75, 3.05) is 0 Å². The van der Waals surface area contributed by atoms with Crippen LogP contribution in [0.3, 0.4) is 0 Å². The van der Waals surface area contributed by atoms with E-state index in [0.717, 1.165) is 5.56 Å². The fourth-order valence-electron chi connectivity index (χ4n) is 1.48. The van der Waals surface area contributed by atoms with E-state index >= 15 is 0 Å². The molecule has 0 heterocycles. The Morgan fingerprint density at radius 2 is 1.77 bits per heavy atom. The molecule has 0 fully saturated rings. The quantitative estimate of drug-likeness (QED) is 0.618. The van der Waals surface area contributed by atoms with Crippen LogP contribution in [-0.2, 0) is 0 Å². The Morgan fingerprint density at radius 3 is 2.15 bits per heavy atom. The molecule has 1 unspecified atom stereocenters. The topological polar surface area (TPSA) is 0 Å². The van der Waals surface area contributed by atoms with Crippen LogP contribution in [0.5, 0.6) is 0 Å². The fourth-order valence-corrected chi connectivity index (χ4v) is 1.48. The first-order valence-electron chi connectivity index (χ1n) is 4.53. The third-order valence-electron chi connectivity index (χ3n) is 2.23. The van der Waals surface area contributed by atoms with Gasteiger partial charge in [-0.15, -0.1) is 6.58 Å². The second kappa shape index (κ2) is 4.22. The van der Waals surface area contributed by atoms with E-state index in [-0.39, 0.29) is 5.82 Å². The zero-order valence-electron chi connectivity index (χ0n) is 8.13. The molecule has 1 rings (SSSR count). The van der Waals surface area contributed by atoms with Crippen molar-refractivity contribution in [3.8, 4) is 0 Å². The van der Waals surface area contributed by atoms with Crippen LogP contribution in [0, 0.1) is 11.7 Å². The van der Waals surface area contributed by atoms with Gasteiger partial charge in [-0.1, -0.05) is 32.1 Å². The van der Waals surface area contributed by atoms with Gasteiger partial charge in [-0.25, -0.2) is 4.39 Å². The monoisotopic (exact) mass is 178 g/mol. The van der Waals surface area contributed by atoms with Gasteiger partial charge in [0.2, 0.25) is 0 Å². The molecular formula is C12H15F. The Kier molecular flexibility index (Phi) is 3.24. The van der Waals surface area contributed by atoms with E-state index in [2.05, 4.69) is 20.4 Å². The summed E-state index contributed by atoms with van der Waals surface area (Å²) >= 11 is 0. The molecule has 1 aromatic carbocycles. The summed E-state index contributed by atoms with van der Waals surface area (Å²) in [5.41, 5.74) is 1.13. The van der Waals surface area contributed by atoms with E-state index in [4.69, 9.17) is 0 Å². The van der Waals surface area contributed by atoms with E-state index in [1.807, 2.05) is 18.2 Å². The molecule has 0 aliphatic carbocycles. The van der Waals surface area contributed by atoms with Crippen molar-refractivity contribution < 1.29 is 4.39 Å². The molecule has 0 saturated heterocycles. The van der Waals surface area contributed by atoms with E-state index in [0.29, 0.717) is 11.8 Å². The van der Waals surface area contributed by atoms with Gasteiger partial charge in [0, 0.05) is 5.92 Å². The second-order valence-electron chi connectivity index (χ2n) is 3.56. The van der Waals surface area contributed by atoms with Crippen molar-refractivity contribution in [2.45, 2.75) is 19.8 Å². The molecule has 1 heteroatoms. The maximum absolute atomic E-state index is 12.6. The first-order chi connectivity index (χ1) is 6.15. The van der Waals surface area contributed by atoms with Crippen molar-refractivity contribution in [2.24, 2.45) is 5.92 Å². The van der Waals surface area contributed by atoms with Crippen LogP contribution in [0.25, 0.3) is 0 Å². The van der Waals surface area contributed by atoms with Crippen molar-refractivity contribution in [3.05, 3.63) is 48.3 Å². The lowest BCUT2D eigenvalue weighted by molar-refractivity contribution is 0.575. The summed E-state index contributed by atoms with van der Waals surface area (Å²) < 4.78 is 12.6. The molecule has 0 bridgehead atoms. The van der Waals surface area contributed by atoms with E-state index in [1.54, 1.807) is 0 Å². The lowest BCUT2D eigenvalue weighted by Crippen LogP contribution is -2.02. The molecule has 0 N–H and O–H groups in total. The van der Waals surface area contributed by atoms with E-state index < -0.39 is 0 Å². The van der Waals surface area contributed by atoms with Gasteiger partial charge >= 0.3 is 0 Å². The van der Waals surface area contributed by atoms with Crippen LogP contribution >= 0.6 is 0 Å². The summed E-state index contributed by atoms with van der Waals surface area (Å²) in [4.78, 5) is 0. The van der Waals surface area contributed by atoms with Crippen LogP contribution < -0.4 is 0 Å². The summed E-state index contributed by atoms with van der Waals surface area (Å²) in [6, 6.07) is 6.63. The summed E-state index contributed by atoms with van der Waals surface area (Å²) in [5, 5.41) is 0. The maximum atomic E-state index is 12.6. The predicted molar refractivity (Wildman–Crippen MR) is 54.2 cm³/mol. The molecule has 1 atom stereocenters. The number of rotatable bonds is 3. The van der Waals surface area contributed by atoms with Gasteiger partial charge in [0.05, 0.1) is 0 Å². The highest BCUT2D eigenvalue weighted by atomic mass is 19.1. The Morgan fingerprint density at radius 1 is 1.23 bits per heavy atom. The first-order valence-corrected chi connectivity index (χ1v) is 4.53. The zero-order valence-corrected chi connectivity index (χ0v) is 8.13. The Labute approximate surface area is 79.1 Å². The smallest absolute Gasteiger partial charge is 0.123 e. The van der Waals surface area contributed by atoms with E-state index in [1.165, 1.54) is 12.1 Å². The fraction of sp³-hybridized carbons (Fsp3) is 0.333. The highest BCUT2D eigenvalue weighted by Crippen LogP contribution is 2.25. The molecule has 0 aliphatic rings. The lowest BCUT2D eigenvalue weighted by atomic mass is 9.89. The van der Waals surface area contributed by atoms with Crippen LogP contribution in [0.1, 0.15) is 25.3 Å². The zero-order chi connectivity index (χ0) is 9.84. The molecule has 0 nitrogen and oxygen atoms in total. The molecule has 70 valence electrons. The average Bonchev–Trinajstić information content (AvgIpc) is 2.09. The largest absolute Gasteiger partial charge is 0.207 e. The van der Waals surface area contributed by atoms with Crippen LogP contribution in [-0.4, -0.2) is 0 Å². The molecule has 13 heavy (non-hydrogen) atoms. The lowest BCUT2D eigenvalue weighted by Gasteiger charge is -2.16. The summed E-state index contributed by atoms with van der Waals surface area (Å²) in [7, 11) is 0. The second-order valence-corrected chi connectivity index (χ2v) is 3.56. The predicted octanol–water partition coefficient (Wildman–Crippen LogP) is 3.75. The molecule has 0 amide bonds. The van der Waals surface area contributed by atoms with Crippen molar-refractivity contribution in [1.29, 1.82) is 0 Å². The maximum Gasteiger partial charge on any atom is 0.123 e. The number of allylic oxidation sites excluding steroid dienone is 1. The molecule has 0 aromatic heterocycles. The van der Waals surface area contributed by atoms with E-state index in [9.17, 15) is 4.39 Å². The molecule has 0 radical (unpaired) electrons. The minimum absolute atomic E-state index is 0.185. The Bertz CT molecular complexity index is 272. The average molecular weight is 178 g/mol. The van der Waals surface area contributed by atoms with Crippen molar-refractivity contribution in [1.82, 2.24) is 0 Å². The standard InChI is InChI=1S/C12H15F/c1-4-12(9(2)3)10-5-7-11(13)8-6-10/h4-9,12H,1H2,2-3H3. The summed E-state index contributed by atoms with van der Waals surface area (Å²) in [6.45, 7) is 8.06. The minimum atomic E-state index is -0.185. The van der Waals surface area contributed by atoms with Crippen LogP contribution in [0.4, 0.5) is 4.39 Å². The molecule has 0 spiro atoms. The highest BCUT2D eigenvalue weighted by molar-refractivity contribution is 5.24. The Balaban J connectivity index is 2.92. The summed E-state index contributed by atoms with van der Waals surface area (Å²) in [6.07, 6.45) is 1.91. The normalized spacial score (nSPS) is 12.9. The van der Waals surface area contributed by atoms with Gasteiger partial charge < -0.3 is 0 Å². The Hall–Kier alpha value is -1.11.